The molecule has 0 aromatic carbocycles. The van der Waals surface area contributed by atoms with Crippen LogP contribution in [-0.2, 0) is 0 Å². The van der Waals surface area contributed by atoms with Gasteiger partial charge in [0, 0.05) is 25.0 Å². The Hall–Kier alpha value is -1.85. The van der Waals surface area contributed by atoms with Crippen LogP contribution >= 0.6 is 0 Å². The average molecular weight is 169 g/mol. The molecule has 0 unspecified atom stereocenters. The highest BCUT2D eigenvalue weighted by molar-refractivity contribution is 6.15. The molecule has 0 rings (SSSR count). The minimum atomic E-state index is -1.59. The van der Waals surface area contributed by atoms with Gasteiger partial charge in [-0.05, 0) is 16.6 Å². The zero-order valence-electron chi connectivity index (χ0n) is 5.52. The Labute approximate surface area is 63.3 Å². The largest absolute Gasteiger partial charge is 0.185 e. The molecule has 0 saturated heterocycles. The van der Waals surface area contributed by atoms with Gasteiger partial charge in [-0.1, -0.05) is 15.3 Å². The molecule has 11 heavy (non-hydrogen) atoms. The molecule has 0 aliphatic heterocycles. The van der Waals surface area contributed by atoms with Crippen molar-refractivity contribution in [3.8, 4) is 0 Å². The summed E-state index contributed by atoms with van der Waals surface area (Å²) in [5, 5.41) is 9.11. The SMILES string of the molecule is [N-]=[N+]=NC([SiH3])(N=[N+]=[N-])N=[N+]=[N-]. The summed E-state index contributed by atoms with van der Waals surface area (Å²) in [6, 6.07) is 0. The van der Waals surface area contributed by atoms with Crippen molar-refractivity contribution in [2.45, 2.75) is 5.41 Å². The molecule has 0 bridgehead atoms. The number of azide groups is 1. The van der Waals surface area contributed by atoms with E-state index in [4.69, 9.17) is 16.6 Å². The molecule has 0 fully saturated rings. The molecule has 0 saturated carbocycles. The van der Waals surface area contributed by atoms with Gasteiger partial charge in [-0.2, -0.15) is 0 Å². The first-order valence-electron chi connectivity index (χ1n) is 2.37. The molecule has 0 aliphatic rings. The van der Waals surface area contributed by atoms with Crippen molar-refractivity contribution in [3.63, 3.8) is 0 Å². The minimum Gasteiger partial charge on any atom is -0.0792 e. The Morgan fingerprint density at radius 3 is 1.36 bits per heavy atom. The Morgan fingerprint density at radius 2 is 1.18 bits per heavy atom. The van der Waals surface area contributed by atoms with Crippen LogP contribution in [0.3, 0.4) is 0 Å². The standard InChI is InChI=1S/CH3N9Si/c2-8-5-1(11,6-9-3)7-10-4/h11H3. The van der Waals surface area contributed by atoms with Crippen molar-refractivity contribution in [2.75, 3.05) is 0 Å². The number of hydrogen-bond donors (Lipinski definition) is 0. The van der Waals surface area contributed by atoms with Gasteiger partial charge in [-0.25, -0.2) is 0 Å². The van der Waals surface area contributed by atoms with Crippen molar-refractivity contribution in [1.29, 1.82) is 0 Å². The minimum absolute atomic E-state index is 0.136. The molecule has 0 N–H and O–H groups in total. The van der Waals surface area contributed by atoms with E-state index in [2.05, 4.69) is 30.1 Å². The lowest BCUT2D eigenvalue weighted by molar-refractivity contribution is 0.645. The van der Waals surface area contributed by atoms with Crippen LogP contribution in [0.4, 0.5) is 0 Å². The van der Waals surface area contributed by atoms with E-state index in [9.17, 15) is 0 Å². The Bertz CT molecular complexity index is 226. The smallest absolute Gasteiger partial charge is 0.0792 e. The van der Waals surface area contributed by atoms with Crippen LogP contribution in [0.2, 0.25) is 0 Å². The lowest BCUT2D eigenvalue weighted by Crippen LogP contribution is -2.17. The predicted octanol–water partition coefficient (Wildman–Crippen LogP) is 0.894. The second-order valence-electron chi connectivity index (χ2n) is 1.54. The molecule has 0 heterocycles. The lowest BCUT2D eigenvalue weighted by atomic mass is 10.9. The van der Waals surface area contributed by atoms with E-state index in [0.29, 0.717) is 0 Å². The Kier molecular flexibility index (Phi) is 3.36. The summed E-state index contributed by atoms with van der Waals surface area (Å²) in [6.45, 7) is 0. The Balaban J connectivity index is 4.94. The predicted molar refractivity (Wildman–Crippen MR) is 40.1 cm³/mol. The van der Waals surface area contributed by atoms with Gasteiger partial charge in [0.2, 0.25) is 0 Å². The summed E-state index contributed by atoms with van der Waals surface area (Å²) in [5.41, 5.74) is 22.3. The summed E-state index contributed by atoms with van der Waals surface area (Å²) >= 11 is 0. The summed E-state index contributed by atoms with van der Waals surface area (Å²) < 4.78 is 0. The number of rotatable bonds is 3. The van der Waals surface area contributed by atoms with Crippen LogP contribution in [0.1, 0.15) is 0 Å². The summed E-state index contributed by atoms with van der Waals surface area (Å²) in [5.74, 6) is 0. The molecule has 0 aromatic heterocycles. The molecule has 0 radical (unpaired) electrons. The molecular formula is CH3N9Si. The molecular weight excluding hydrogens is 166 g/mol. The van der Waals surface area contributed by atoms with E-state index < -0.39 is 5.41 Å². The molecule has 0 spiro atoms. The van der Waals surface area contributed by atoms with E-state index in [1.807, 2.05) is 0 Å². The van der Waals surface area contributed by atoms with Crippen LogP contribution in [0, 0.1) is 0 Å². The summed E-state index contributed by atoms with van der Waals surface area (Å²) in [6.07, 6.45) is 0. The van der Waals surface area contributed by atoms with Gasteiger partial charge in [0.25, 0.3) is 0 Å². The van der Waals surface area contributed by atoms with Crippen LogP contribution in [0.25, 0.3) is 31.3 Å². The topological polar surface area (TPSA) is 146 Å². The van der Waals surface area contributed by atoms with Crippen LogP contribution in [0.5, 0.6) is 0 Å². The quantitative estimate of drug-likeness (QED) is 0.255. The maximum absolute atomic E-state index is 7.97. The lowest BCUT2D eigenvalue weighted by Gasteiger charge is -2.05. The fourth-order valence-corrected chi connectivity index (χ4v) is 0.582. The third-order valence-electron chi connectivity index (χ3n) is 0.702. The van der Waals surface area contributed by atoms with Gasteiger partial charge in [-0.3, -0.25) is 0 Å². The molecule has 9 nitrogen and oxygen atoms in total. The molecule has 56 valence electrons. The first kappa shape index (κ1) is 9.15. The second kappa shape index (κ2) is 4.04. The van der Waals surface area contributed by atoms with Crippen molar-refractivity contribution in [2.24, 2.45) is 15.3 Å². The zero-order valence-corrected chi connectivity index (χ0v) is 7.52. The fourth-order valence-electron chi connectivity index (χ4n) is 0.314. The van der Waals surface area contributed by atoms with Gasteiger partial charge in [0.1, 0.15) is 0 Å². The van der Waals surface area contributed by atoms with Crippen molar-refractivity contribution >= 4 is 10.2 Å². The maximum Gasteiger partial charge on any atom is 0.185 e. The molecule has 0 amide bonds. The second-order valence-corrected chi connectivity index (χ2v) is 2.88. The van der Waals surface area contributed by atoms with Crippen molar-refractivity contribution < 1.29 is 0 Å². The summed E-state index contributed by atoms with van der Waals surface area (Å²) in [4.78, 5) is 7.12. The highest BCUT2D eigenvalue weighted by Gasteiger charge is 2.17. The van der Waals surface area contributed by atoms with E-state index in [1.54, 1.807) is 0 Å². The van der Waals surface area contributed by atoms with Crippen LogP contribution < -0.4 is 0 Å². The fraction of sp³-hybridized carbons (Fsp3) is 1.00. The third kappa shape index (κ3) is 2.99. The Morgan fingerprint density at radius 1 is 0.909 bits per heavy atom. The maximum atomic E-state index is 7.97. The van der Waals surface area contributed by atoms with Gasteiger partial charge in [0.15, 0.2) is 5.41 Å². The highest BCUT2D eigenvalue weighted by Crippen LogP contribution is 2.10. The van der Waals surface area contributed by atoms with E-state index in [1.165, 1.54) is 0 Å². The highest BCUT2D eigenvalue weighted by atomic mass is 28.1. The normalized spacial score (nSPS) is 13.1. The van der Waals surface area contributed by atoms with Gasteiger partial charge < -0.3 is 0 Å². The number of hydrogen-bond acceptors (Lipinski definition) is 3. The van der Waals surface area contributed by atoms with Crippen molar-refractivity contribution in [1.82, 2.24) is 0 Å². The van der Waals surface area contributed by atoms with E-state index in [-0.39, 0.29) is 10.2 Å². The van der Waals surface area contributed by atoms with E-state index >= 15 is 0 Å². The molecule has 0 aromatic rings. The average Bonchev–Trinajstić information content (AvgIpc) is 1.88. The number of nitrogens with zero attached hydrogens (tertiary/aromatic N) is 9. The van der Waals surface area contributed by atoms with Crippen LogP contribution in [-0.4, -0.2) is 15.7 Å². The van der Waals surface area contributed by atoms with E-state index in [0.717, 1.165) is 0 Å². The zero-order chi connectivity index (χ0) is 8.74. The monoisotopic (exact) mass is 169 g/mol. The van der Waals surface area contributed by atoms with Gasteiger partial charge in [-0.15, -0.1) is 0 Å². The first-order valence-corrected chi connectivity index (χ1v) is 3.37. The summed E-state index contributed by atoms with van der Waals surface area (Å²) in [7, 11) is 0.136. The van der Waals surface area contributed by atoms with Gasteiger partial charge in [0.05, 0.1) is 0 Å². The molecule has 0 atom stereocenters. The molecule has 10 heteroatoms. The third-order valence-corrected chi connectivity index (χ3v) is 1.30. The first-order chi connectivity index (χ1) is 5.18. The van der Waals surface area contributed by atoms with Gasteiger partial charge >= 0.3 is 0 Å². The van der Waals surface area contributed by atoms with Crippen LogP contribution in [0.15, 0.2) is 15.3 Å². The molecule has 0 aliphatic carbocycles. The van der Waals surface area contributed by atoms with Crippen molar-refractivity contribution in [3.05, 3.63) is 31.3 Å².